The van der Waals surface area contributed by atoms with E-state index in [0.29, 0.717) is 47.5 Å². The highest BCUT2D eigenvalue weighted by molar-refractivity contribution is 6.42. The second-order valence-electron chi connectivity index (χ2n) is 7.02. The number of hydrogen-bond acceptors (Lipinski definition) is 3. The minimum Gasteiger partial charge on any atom is -0.335 e. The first-order valence-electron chi connectivity index (χ1n) is 9.38. The van der Waals surface area contributed by atoms with Crippen LogP contribution in [0.5, 0.6) is 0 Å². The maximum absolute atomic E-state index is 12.9. The highest BCUT2D eigenvalue weighted by Gasteiger charge is 2.28. The fourth-order valence-corrected chi connectivity index (χ4v) is 3.96. The molecule has 0 atom stereocenters. The Morgan fingerprint density at radius 3 is 2.46 bits per heavy atom. The molecule has 0 unspecified atom stereocenters. The fraction of sp³-hybridized carbons (Fsp3) is 0.421. The summed E-state index contributed by atoms with van der Waals surface area (Å²) in [5.41, 5.74) is 2.33. The summed E-state index contributed by atoms with van der Waals surface area (Å²) in [4.78, 5) is 28.9. The minimum atomic E-state index is -0.214. The maximum Gasteiger partial charge on any atom is 0.321 e. The second kappa shape index (κ2) is 8.01. The Bertz CT molecular complexity index is 906. The van der Waals surface area contributed by atoms with E-state index in [1.807, 2.05) is 4.68 Å². The van der Waals surface area contributed by atoms with E-state index in [4.69, 9.17) is 23.2 Å². The van der Waals surface area contributed by atoms with Crippen molar-refractivity contribution in [2.45, 2.75) is 25.8 Å². The van der Waals surface area contributed by atoms with Gasteiger partial charge in [0.1, 0.15) is 0 Å². The molecule has 1 fully saturated rings. The Labute approximate surface area is 173 Å². The number of aromatic nitrogens is 2. The first-order valence-corrected chi connectivity index (χ1v) is 10.1. The van der Waals surface area contributed by atoms with Gasteiger partial charge >= 0.3 is 6.03 Å². The molecule has 1 aromatic carbocycles. The summed E-state index contributed by atoms with van der Waals surface area (Å²) in [6, 6.07) is 4.75. The van der Waals surface area contributed by atoms with Crippen LogP contribution in [0.1, 0.15) is 28.9 Å². The topological polar surface area (TPSA) is 70.5 Å². The van der Waals surface area contributed by atoms with Crippen LogP contribution in [-0.2, 0) is 13.0 Å². The van der Waals surface area contributed by atoms with Crippen LogP contribution < -0.4 is 5.32 Å². The lowest BCUT2D eigenvalue weighted by Gasteiger charge is -2.34. The molecule has 7 nitrogen and oxygen atoms in total. The number of hydrogen-bond donors (Lipinski definition) is 1. The first-order chi connectivity index (χ1) is 13.5. The molecular formula is C19H21Cl2N5O2. The zero-order valence-corrected chi connectivity index (χ0v) is 16.8. The summed E-state index contributed by atoms with van der Waals surface area (Å²) >= 11 is 11.9. The number of anilines is 1. The Balaban J connectivity index is 1.35. The van der Waals surface area contributed by atoms with E-state index in [1.54, 1.807) is 34.2 Å². The third-order valence-corrected chi connectivity index (χ3v) is 5.98. The van der Waals surface area contributed by atoms with Crippen LogP contribution in [0, 0.1) is 0 Å². The van der Waals surface area contributed by atoms with Gasteiger partial charge in [-0.2, -0.15) is 5.10 Å². The van der Waals surface area contributed by atoms with Gasteiger partial charge < -0.3 is 15.1 Å². The minimum absolute atomic E-state index is 0.00712. The van der Waals surface area contributed by atoms with Crippen LogP contribution in [0.3, 0.4) is 0 Å². The number of carbonyl (C=O) groups is 2. The summed E-state index contributed by atoms with van der Waals surface area (Å²) in [7, 11) is 0. The molecule has 28 heavy (non-hydrogen) atoms. The molecule has 0 saturated carbocycles. The van der Waals surface area contributed by atoms with Crippen LogP contribution in [0.25, 0.3) is 0 Å². The van der Waals surface area contributed by atoms with Crippen molar-refractivity contribution in [1.29, 1.82) is 0 Å². The van der Waals surface area contributed by atoms with E-state index in [1.165, 1.54) is 0 Å². The lowest BCUT2D eigenvalue weighted by molar-refractivity contribution is 0.0670. The molecule has 0 radical (unpaired) electrons. The summed E-state index contributed by atoms with van der Waals surface area (Å²) in [6.07, 6.45) is 4.78. The number of rotatable bonds is 2. The first kappa shape index (κ1) is 19.1. The molecule has 1 aromatic heterocycles. The van der Waals surface area contributed by atoms with Crippen molar-refractivity contribution >= 4 is 40.8 Å². The Hall–Kier alpha value is -2.25. The van der Waals surface area contributed by atoms with Gasteiger partial charge in [-0.1, -0.05) is 23.2 Å². The van der Waals surface area contributed by atoms with Gasteiger partial charge in [0.15, 0.2) is 0 Å². The van der Waals surface area contributed by atoms with Crippen molar-refractivity contribution in [3.05, 3.63) is 45.7 Å². The van der Waals surface area contributed by atoms with Crippen LogP contribution >= 0.6 is 23.2 Å². The van der Waals surface area contributed by atoms with Crippen LogP contribution in [0.2, 0.25) is 10.0 Å². The van der Waals surface area contributed by atoms with Crippen molar-refractivity contribution in [2.24, 2.45) is 0 Å². The van der Waals surface area contributed by atoms with Gasteiger partial charge in [0.25, 0.3) is 5.91 Å². The predicted octanol–water partition coefficient (Wildman–Crippen LogP) is 3.52. The second-order valence-corrected chi connectivity index (χ2v) is 7.84. The average Bonchev–Trinajstić information content (AvgIpc) is 3.14. The largest absolute Gasteiger partial charge is 0.335 e. The molecule has 0 aliphatic carbocycles. The quantitative estimate of drug-likeness (QED) is 0.805. The maximum atomic E-state index is 12.9. The van der Waals surface area contributed by atoms with Gasteiger partial charge in [-0.25, -0.2) is 4.79 Å². The smallest absolute Gasteiger partial charge is 0.321 e. The van der Waals surface area contributed by atoms with Crippen LogP contribution in [-0.4, -0.2) is 57.7 Å². The molecule has 1 N–H and O–H groups in total. The molecule has 0 bridgehead atoms. The number of nitrogens with zero attached hydrogens (tertiary/aromatic N) is 4. The number of benzene rings is 1. The fourth-order valence-electron chi connectivity index (χ4n) is 3.66. The molecule has 2 aromatic rings. The van der Waals surface area contributed by atoms with Gasteiger partial charge in [-0.3, -0.25) is 9.48 Å². The molecular weight excluding hydrogens is 401 g/mol. The van der Waals surface area contributed by atoms with Crippen molar-refractivity contribution < 1.29 is 9.59 Å². The Kier molecular flexibility index (Phi) is 5.46. The number of carbonyl (C=O) groups excluding carboxylic acids is 2. The summed E-state index contributed by atoms with van der Waals surface area (Å²) in [5, 5.41) is 8.00. The third kappa shape index (κ3) is 3.82. The van der Waals surface area contributed by atoms with E-state index < -0.39 is 0 Å². The SMILES string of the molecule is O=C(Nc1ccc(Cl)c(Cl)c1)N1CCN(C(=O)c2cnn3c2CCCC3)CC1. The number of halogens is 2. The highest BCUT2D eigenvalue weighted by atomic mass is 35.5. The number of aryl methyl sites for hydroxylation is 1. The van der Waals surface area contributed by atoms with E-state index in [2.05, 4.69) is 10.4 Å². The zero-order chi connectivity index (χ0) is 19.7. The number of nitrogens with one attached hydrogen (secondary N) is 1. The van der Waals surface area contributed by atoms with E-state index >= 15 is 0 Å². The lowest BCUT2D eigenvalue weighted by atomic mass is 10.1. The molecule has 3 amide bonds. The molecule has 2 aliphatic heterocycles. The van der Waals surface area contributed by atoms with Crippen molar-refractivity contribution in [3.8, 4) is 0 Å². The van der Waals surface area contributed by atoms with Gasteiger partial charge in [-0.15, -0.1) is 0 Å². The summed E-state index contributed by atoms with van der Waals surface area (Å²) < 4.78 is 1.94. The van der Waals surface area contributed by atoms with E-state index in [-0.39, 0.29) is 11.9 Å². The molecule has 4 rings (SSSR count). The molecule has 0 spiro atoms. The normalized spacial score (nSPS) is 16.6. The van der Waals surface area contributed by atoms with Crippen LogP contribution in [0.4, 0.5) is 10.5 Å². The zero-order valence-electron chi connectivity index (χ0n) is 15.3. The van der Waals surface area contributed by atoms with Gasteiger partial charge in [0.05, 0.1) is 27.5 Å². The average molecular weight is 422 g/mol. The van der Waals surface area contributed by atoms with E-state index in [0.717, 1.165) is 31.5 Å². The molecule has 9 heteroatoms. The summed E-state index contributed by atoms with van der Waals surface area (Å²) in [6.45, 7) is 2.83. The van der Waals surface area contributed by atoms with E-state index in [9.17, 15) is 9.59 Å². The molecule has 1 saturated heterocycles. The number of fused-ring (bicyclic) bond motifs is 1. The monoisotopic (exact) mass is 421 g/mol. The Morgan fingerprint density at radius 2 is 1.71 bits per heavy atom. The van der Waals surface area contributed by atoms with Gasteiger partial charge in [0.2, 0.25) is 0 Å². The summed E-state index contributed by atoms with van der Waals surface area (Å²) in [5.74, 6) is 0.00712. The third-order valence-electron chi connectivity index (χ3n) is 5.24. The number of piperazine rings is 1. The predicted molar refractivity (Wildman–Crippen MR) is 108 cm³/mol. The standard InChI is InChI=1S/C19H21Cl2N5O2/c20-15-5-4-13(11-16(15)21)23-19(28)25-9-7-24(8-10-25)18(27)14-12-22-26-6-2-1-3-17(14)26/h4-5,11-12H,1-3,6-10H2,(H,23,28). The van der Waals surface area contributed by atoms with Crippen LogP contribution in [0.15, 0.2) is 24.4 Å². The van der Waals surface area contributed by atoms with Gasteiger partial charge in [0, 0.05) is 38.4 Å². The number of urea groups is 1. The lowest BCUT2D eigenvalue weighted by Crippen LogP contribution is -2.51. The highest BCUT2D eigenvalue weighted by Crippen LogP contribution is 2.25. The molecule has 148 valence electrons. The van der Waals surface area contributed by atoms with Crippen molar-refractivity contribution in [3.63, 3.8) is 0 Å². The number of amides is 3. The Morgan fingerprint density at radius 1 is 0.964 bits per heavy atom. The molecule has 2 aliphatic rings. The van der Waals surface area contributed by atoms with Crippen molar-refractivity contribution in [2.75, 3.05) is 31.5 Å². The molecule has 3 heterocycles. The van der Waals surface area contributed by atoms with Gasteiger partial charge in [-0.05, 0) is 37.5 Å². The van der Waals surface area contributed by atoms with Crippen molar-refractivity contribution in [1.82, 2.24) is 19.6 Å².